The lowest BCUT2D eigenvalue weighted by molar-refractivity contribution is 0.208. The summed E-state index contributed by atoms with van der Waals surface area (Å²) in [6.45, 7) is 7.37. The first-order valence-corrected chi connectivity index (χ1v) is 7.79. The number of nitrogens with one attached hydrogen (secondary N) is 1. The van der Waals surface area contributed by atoms with Gasteiger partial charge in [-0.3, -0.25) is 4.99 Å². The summed E-state index contributed by atoms with van der Waals surface area (Å²) in [6.07, 6.45) is 1.95. The molecule has 1 aliphatic rings. The van der Waals surface area contributed by atoms with Gasteiger partial charge in [-0.1, -0.05) is 32.0 Å². The summed E-state index contributed by atoms with van der Waals surface area (Å²) >= 11 is 0. The third kappa shape index (κ3) is 4.45. The Kier molecular flexibility index (Phi) is 5.59. The van der Waals surface area contributed by atoms with Crippen LogP contribution in [0.15, 0.2) is 29.3 Å². The van der Waals surface area contributed by atoms with Crippen LogP contribution in [0.25, 0.3) is 0 Å². The van der Waals surface area contributed by atoms with Gasteiger partial charge in [-0.2, -0.15) is 0 Å². The highest BCUT2D eigenvalue weighted by Crippen LogP contribution is 2.20. The Morgan fingerprint density at radius 2 is 1.95 bits per heavy atom. The van der Waals surface area contributed by atoms with Crippen molar-refractivity contribution in [3.05, 3.63) is 35.6 Å². The molecule has 1 heterocycles. The topological polar surface area (TPSA) is 27.6 Å². The van der Waals surface area contributed by atoms with Crippen LogP contribution in [-0.2, 0) is 6.42 Å². The number of nitrogens with zero attached hydrogens (tertiary/aromatic N) is 2. The summed E-state index contributed by atoms with van der Waals surface area (Å²) in [7, 11) is 1.81. The molecule has 2 unspecified atom stereocenters. The lowest BCUT2D eigenvalue weighted by Crippen LogP contribution is -2.48. The smallest absolute Gasteiger partial charge is 0.193 e. The van der Waals surface area contributed by atoms with Gasteiger partial charge in [0.2, 0.25) is 0 Å². The van der Waals surface area contributed by atoms with E-state index in [4.69, 9.17) is 0 Å². The van der Waals surface area contributed by atoms with E-state index in [0.29, 0.717) is 24.8 Å². The van der Waals surface area contributed by atoms with Crippen molar-refractivity contribution in [1.82, 2.24) is 10.2 Å². The molecule has 1 N–H and O–H groups in total. The van der Waals surface area contributed by atoms with E-state index in [-0.39, 0.29) is 5.82 Å². The number of piperidine rings is 1. The summed E-state index contributed by atoms with van der Waals surface area (Å²) in [4.78, 5) is 6.69. The monoisotopic (exact) mass is 291 g/mol. The fourth-order valence-corrected chi connectivity index (χ4v) is 3.18. The van der Waals surface area contributed by atoms with Crippen molar-refractivity contribution in [2.24, 2.45) is 16.8 Å². The molecule has 0 amide bonds. The van der Waals surface area contributed by atoms with Crippen molar-refractivity contribution in [2.45, 2.75) is 26.7 Å². The van der Waals surface area contributed by atoms with Gasteiger partial charge in [0.1, 0.15) is 5.82 Å². The van der Waals surface area contributed by atoms with Gasteiger partial charge in [0.15, 0.2) is 5.96 Å². The van der Waals surface area contributed by atoms with E-state index in [1.165, 1.54) is 12.5 Å². The third-order valence-corrected chi connectivity index (χ3v) is 4.02. The largest absolute Gasteiger partial charge is 0.356 e. The first kappa shape index (κ1) is 15.8. The molecule has 4 heteroatoms. The van der Waals surface area contributed by atoms with Crippen molar-refractivity contribution in [3.8, 4) is 0 Å². The molecule has 0 aliphatic carbocycles. The highest BCUT2D eigenvalue weighted by atomic mass is 19.1. The van der Waals surface area contributed by atoms with Crippen LogP contribution in [0.2, 0.25) is 0 Å². The molecule has 0 aromatic heterocycles. The molecule has 1 aliphatic heterocycles. The van der Waals surface area contributed by atoms with Crippen molar-refractivity contribution in [1.29, 1.82) is 0 Å². The lowest BCUT2D eigenvalue weighted by atomic mass is 9.92. The van der Waals surface area contributed by atoms with E-state index in [9.17, 15) is 4.39 Å². The van der Waals surface area contributed by atoms with E-state index in [1.54, 1.807) is 6.07 Å². The van der Waals surface area contributed by atoms with Crippen LogP contribution in [0, 0.1) is 17.7 Å². The Bertz CT molecular complexity index is 477. The molecule has 2 atom stereocenters. The minimum absolute atomic E-state index is 0.130. The summed E-state index contributed by atoms with van der Waals surface area (Å²) in [5.74, 6) is 2.19. The maximum atomic E-state index is 13.6. The molecule has 1 aromatic carbocycles. The number of likely N-dealkylation sites (tertiary alicyclic amines) is 1. The molecule has 0 radical (unpaired) electrons. The summed E-state index contributed by atoms with van der Waals surface area (Å²) < 4.78 is 13.6. The Morgan fingerprint density at radius 1 is 1.29 bits per heavy atom. The van der Waals surface area contributed by atoms with Gasteiger partial charge in [-0.25, -0.2) is 4.39 Å². The third-order valence-electron chi connectivity index (χ3n) is 4.02. The number of benzene rings is 1. The standard InChI is InChI=1S/C17H26FN3/c1-13-10-14(2)12-21(11-13)17(19-3)20-9-8-15-6-4-5-7-16(15)18/h4-7,13-14H,8-12H2,1-3H3,(H,19,20). The second-order valence-electron chi connectivity index (χ2n) is 6.17. The maximum absolute atomic E-state index is 13.6. The zero-order chi connectivity index (χ0) is 15.2. The van der Waals surface area contributed by atoms with Crippen LogP contribution >= 0.6 is 0 Å². The fraction of sp³-hybridized carbons (Fsp3) is 0.588. The van der Waals surface area contributed by atoms with Crippen molar-refractivity contribution in [3.63, 3.8) is 0 Å². The second-order valence-corrected chi connectivity index (χ2v) is 6.17. The fourth-order valence-electron chi connectivity index (χ4n) is 3.18. The second kappa shape index (κ2) is 7.43. The van der Waals surface area contributed by atoms with Gasteiger partial charge in [-0.15, -0.1) is 0 Å². The highest BCUT2D eigenvalue weighted by Gasteiger charge is 2.23. The molecule has 2 rings (SSSR count). The quantitative estimate of drug-likeness (QED) is 0.685. The molecule has 1 aromatic rings. The molecule has 1 saturated heterocycles. The van der Waals surface area contributed by atoms with Crippen molar-refractivity contribution < 1.29 is 4.39 Å². The average molecular weight is 291 g/mol. The zero-order valence-corrected chi connectivity index (χ0v) is 13.3. The van der Waals surface area contributed by atoms with Gasteiger partial charge < -0.3 is 10.2 Å². The van der Waals surface area contributed by atoms with Crippen molar-refractivity contribution in [2.75, 3.05) is 26.7 Å². The van der Waals surface area contributed by atoms with Crippen LogP contribution in [0.5, 0.6) is 0 Å². The lowest BCUT2D eigenvalue weighted by Gasteiger charge is -2.37. The van der Waals surface area contributed by atoms with Gasteiger partial charge in [0.25, 0.3) is 0 Å². The van der Waals surface area contributed by atoms with E-state index in [2.05, 4.69) is 29.1 Å². The molecular weight excluding hydrogens is 265 g/mol. The molecule has 0 spiro atoms. The minimum atomic E-state index is -0.130. The summed E-state index contributed by atoms with van der Waals surface area (Å²) in [5, 5.41) is 3.37. The van der Waals surface area contributed by atoms with Crippen LogP contribution in [-0.4, -0.2) is 37.5 Å². The van der Waals surface area contributed by atoms with Gasteiger partial charge in [-0.05, 0) is 36.3 Å². The van der Waals surface area contributed by atoms with Crippen LogP contribution in [0.1, 0.15) is 25.8 Å². The van der Waals surface area contributed by atoms with E-state index < -0.39 is 0 Å². The summed E-state index contributed by atoms with van der Waals surface area (Å²) in [5.41, 5.74) is 0.751. The van der Waals surface area contributed by atoms with Gasteiger partial charge >= 0.3 is 0 Å². The van der Waals surface area contributed by atoms with E-state index in [1.807, 2.05) is 19.2 Å². The molecule has 3 nitrogen and oxygen atoms in total. The highest BCUT2D eigenvalue weighted by molar-refractivity contribution is 5.80. The maximum Gasteiger partial charge on any atom is 0.193 e. The van der Waals surface area contributed by atoms with Crippen LogP contribution < -0.4 is 5.32 Å². The number of hydrogen-bond donors (Lipinski definition) is 1. The van der Waals surface area contributed by atoms with E-state index in [0.717, 1.165) is 24.6 Å². The molecule has 1 fully saturated rings. The molecule has 21 heavy (non-hydrogen) atoms. The first-order chi connectivity index (χ1) is 10.1. The average Bonchev–Trinajstić information content (AvgIpc) is 2.44. The normalized spacial score (nSPS) is 23.2. The van der Waals surface area contributed by atoms with Crippen LogP contribution in [0.4, 0.5) is 4.39 Å². The van der Waals surface area contributed by atoms with E-state index >= 15 is 0 Å². The first-order valence-electron chi connectivity index (χ1n) is 7.79. The number of hydrogen-bond acceptors (Lipinski definition) is 1. The van der Waals surface area contributed by atoms with Gasteiger partial charge in [0, 0.05) is 26.7 Å². The zero-order valence-electron chi connectivity index (χ0n) is 13.3. The summed E-state index contributed by atoms with van der Waals surface area (Å²) in [6, 6.07) is 6.95. The Hall–Kier alpha value is -1.58. The Balaban J connectivity index is 1.87. The molecule has 0 bridgehead atoms. The molecular formula is C17H26FN3. The SMILES string of the molecule is CN=C(NCCc1ccccc1F)N1CC(C)CC(C)C1. The minimum Gasteiger partial charge on any atom is -0.356 e. The number of guanidine groups is 1. The number of halogens is 1. The van der Waals surface area contributed by atoms with Crippen LogP contribution in [0.3, 0.4) is 0 Å². The number of aliphatic imine (C=N–C) groups is 1. The Morgan fingerprint density at radius 3 is 2.57 bits per heavy atom. The predicted octanol–water partition coefficient (Wildman–Crippen LogP) is 2.92. The molecule has 0 saturated carbocycles. The number of rotatable bonds is 3. The van der Waals surface area contributed by atoms with Crippen molar-refractivity contribution >= 4 is 5.96 Å². The Labute approximate surface area is 127 Å². The predicted molar refractivity (Wildman–Crippen MR) is 86.0 cm³/mol. The molecule has 116 valence electrons. The van der Waals surface area contributed by atoms with Gasteiger partial charge in [0.05, 0.1) is 0 Å².